The first-order valence-electron chi connectivity index (χ1n) is 15.2. The summed E-state index contributed by atoms with van der Waals surface area (Å²) in [7, 11) is 0. The number of urea groups is 1. The van der Waals surface area contributed by atoms with Gasteiger partial charge in [0.1, 0.15) is 12.6 Å². The van der Waals surface area contributed by atoms with Crippen molar-refractivity contribution in [2.24, 2.45) is 17.8 Å². The van der Waals surface area contributed by atoms with E-state index in [0.29, 0.717) is 0 Å². The number of rotatable bonds is 5. The lowest BCUT2D eigenvalue weighted by molar-refractivity contribution is -0.119. The molecule has 0 spiro atoms. The van der Waals surface area contributed by atoms with Gasteiger partial charge in [-0.05, 0) is 106 Å². The van der Waals surface area contributed by atoms with Crippen molar-refractivity contribution in [3.05, 3.63) is 83.7 Å². The molecular weight excluding hydrogens is 496 g/mol. The molecule has 5 fully saturated rings. The summed E-state index contributed by atoms with van der Waals surface area (Å²) in [6, 6.07) is 20.6. The molecular formula is C34H38N4O2. The average molecular weight is 535 g/mol. The number of anilines is 1. The summed E-state index contributed by atoms with van der Waals surface area (Å²) in [5.41, 5.74) is 5.14. The van der Waals surface area contributed by atoms with Crippen molar-refractivity contribution in [2.45, 2.75) is 75.9 Å². The second-order valence-corrected chi connectivity index (χ2v) is 13.4. The van der Waals surface area contributed by atoms with Gasteiger partial charge >= 0.3 is 6.03 Å². The molecule has 206 valence electrons. The van der Waals surface area contributed by atoms with Gasteiger partial charge in [0.15, 0.2) is 0 Å². The normalized spacial score (nSPS) is 29.6. The second-order valence-electron chi connectivity index (χ2n) is 13.4. The summed E-state index contributed by atoms with van der Waals surface area (Å²) in [5, 5.41) is 3.55. The fourth-order valence-corrected chi connectivity index (χ4v) is 8.86. The van der Waals surface area contributed by atoms with Gasteiger partial charge in [0.25, 0.3) is 0 Å². The first kappa shape index (κ1) is 24.3. The van der Waals surface area contributed by atoms with Crippen LogP contribution < -0.4 is 10.2 Å². The standard InChI is InChI=1S/C34H38N4O2/c1-22-8-10-26(11-9-22)32-30-7-4-14-36(30)28-5-2-3-6-29(28)38(32)31(39)21-37(27-12-13-27)33(40)35-34-18-23-15-24(19-34)17-25(16-23)20-34/h2-11,14,23-25,27,32H,12-13,15-21H2,1H3,(H,35,40). The quantitative estimate of drug-likeness (QED) is 0.414. The summed E-state index contributed by atoms with van der Waals surface area (Å²) < 4.78 is 2.20. The molecule has 2 heterocycles. The largest absolute Gasteiger partial charge is 0.333 e. The van der Waals surface area contributed by atoms with Crippen LogP contribution in [0.5, 0.6) is 0 Å². The molecule has 40 heavy (non-hydrogen) atoms. The molecule has 1 aromatic heterocycles. The Kier molecular flexibility index (Phi) is 5.45. The van der Waals surface area contributed by atoms with Crippen molar-refractivity contribution in [1.29, 1.82) is 0 Å². The molecule has 6 aliphatic rings. The molecule has 2 aromatic carbocycles. The molecule has 0 saturated heterocycles. The molecule has 6 nitrogen and oxygen atoms in total. The molecule has 9 rings (SSSR count). The van der Waals surface area contributed by atoms with Gasteiger partial charge in [-0.3, -0.25) is 9.69 Å². The fourth-order valence-electron chi connectivity index (χ4n) is 8.86. The summed E-state index contributed by atoms with van der Waals surface area (Å²) in [4.78, 5) is 32.2. The van der Waals surface area contributed by atoms with Crippen LogP contribution in [0.25, 0.3) is 5.69 Å². The number of carbonyl (C=O) groups excluding carboxylic acids is 2. The van der Waals surface area contributed by atoms with Gasteiger partial charge in [-0.1, -0.05) is 42.0 Å². The van der Waals surface area contributed by atoms with E-state index in [0.717, 1.165) is 72.5 Å². The van der Waals surface area contributed by atoms with Crippen molar-refractivity contribution in [1.82, 2.24) is 14.8 Å². The zero-order chi connectivity index (χ0) is 27.0. The Hall–Kier alpha value is -3.54. The highest BCUT2D eigenvalue weighted by molar-refractivity contribution is 6.00. The minimum absolute atomic E-state index is 0.0293. The molecule has 0 radical (unpaired) electrons. The van der Waals surface area contributed by atoms with Crippen molar-refractivity contribution >= 4 is 17.6 Å². The number of fused-ring (bicyclic) bond motifs is 3. The SMILES string of the molecule is Cc1ccc(C2c3cccn3-c3ccccc3N2C(=O)CN(C(=O)NC23CC4CC(CC(C4)C2)C3)C2CC2)cc1. The highest BCUT2D eigenvalue weighted by Crippen LogP contribution is 2.55. The summed E-state index contributed by atoms with van der Waals surface area (Å²) in [5.74, 6) is 2.26. The van der Waals surface area contributed by atoms with E-state index >= 15 is 0 Å². The Morgan fingerprint density at radius 2 is 1.52 bits per heavy atom. The van der Waals surface area contributed by atoms with Crippen LogP contribution in [0, 0.1) is 24.7 Å². The first-order valence-corrected chi connectivity index (χ1v) is 15.2. The van der Waals surface area contributed by atoms with E-state index in [1.54, 1.807) is 0 Å². The maximum Gasteiger partial charge on any atom is 0.318 e. The maximum absolute atomic E-state index is 14.4. The third-order valence-corrected chi connectivity index (χ3v) is 10.3. The minimum Gasteiger partial charge on any atom is -0.333 e. The van der Waals surface area contributed by atoms with E-state index in [2.05, 4.69) is 65.5 Å². The van der Waals surface area contributed by atoms with Crippen LogP contribution in [0.2, 0.25) is 0 Å². The van der Waals surface area contributed by atoms with E-state index in [-0.39, 0.29) is 36.1 Å². The van der Waals surface area contributed by atoms with Gasteiger partial charge in [0.05, 0.1) is 17.1 Å². The summed E-state index contributed by atoms with van der Waals surface area (Å²) >= 11 is 0. The lowest BCUT2D eigenvalue weighted by atomic mass is 9.53. The van der Waals surface area contributed by atoms with Crippen molar-refractivity contribution in [2.75, 3.05) is 11.4 Å². The van der Waals surface area contributed by atoms with Crippen molar-refractivity contribution in [3.8, 4) is 5.69 Å². The van der Waals surface area contributed by atoms with Crippen LogP contribution in [-0.4, -0.2) is 39.5 Å². The predicted octanol–water partition coefficient (Wildman–Crippen LogP) is 6.36. The van der Waals surface area contributed by atoms with Gasteiger partial charge < -0.3 is 14.8 Å². The number of amides is 3. The summed E-state index contributed by atoms with van der Waals surface area (Å²) in [6.07, 6.45) is 11.4. The van der Waals surface area contributed by atoms with E-state index in [4.69, 9.17) is 0 Å². The number of aryl methyl sites for hydroxylation is 1. The maximum atomic E-state index is 14.4. The van der Waals surface area contributed by atoms with Crippen LogP contribution in [-0.2, 0) is 4.79 Å². The molecule has 5 saturated carbocycles. The first-order chi connectivity index (χ1) is 19.5. The van der Waals surface area contributed by atoms with Gasteiger partial charge in [0.2, 0.25) is 5.91 Å². The predicted molar refractivity (Wildman–Crippen MR) is 155 cm³/mol. The molecule has 4 bridgehead atoms. The highest BCUT2D eigenvalue weighted by atomic mass is 16.2. The Balaban J connectivity index is 1.11. The Morgan fingerprint density at radius 1 is 0.875 bits per heavy atom. The molecule has 1 aliphatic heterocycles. The van der Waals surface area contributed by atoms with Crippen molar-refractivity contribution < 1.29 is 9.59 Å². The zero-order valence-corrected chi connectivity index (χ0v) is 23.3. The minimum atomic E-state index is -0.259. The van der Waals surface area contributed by atoms with Crippen LogP contribution in [0.15, 0.2) is 66.9 Å². The van der Waals surface area contributed by atoms with Crippen LogP contribution in [0.4, 0.5) is 10.5 Å². The molecule has 3 aromatic rings. The number of hydrogen-bond acceptors (Lipinski definition) is 2. The Bertz CT molecular complexity index is 1430. The van der Waals surface area contributed by atoms with E-state index in [9.17, 15) is 9.59 Å². The van der Waals surface area contributed by atoms with E-state index < -0.39 is 0 Å². The van der Waals surface area contributed by atoms with Gasteiger partial charge in [-0.15, -0.1) is 0 Å². The third kappa shape index (κ3) is 3.98. The second kappa shape index (κ2) is 8.98. The van der Waals surface area contributed by atoms with Crippen LogP contribution in [0.3, 0.4) is 0 Å². The number of benzene rings is 2. The molecule has 6 heteroatoms. The lowest BCUT2D eigenvalue weighted by Crippen LogP contribution is -2.62. The van der Waals surface area contributed by atoms with Gasteiger partial charge in [0, 0.05) is 17.8 Å². The van der Waals surface area contributed by atoms with Crippen LogP contribution in [0.1, 0.15) is 74.2 Å². The zero-order valence-electron chi connectivity index (χ0n) is 23.3. The van der Waals surface area contributed by atoms with Gasteiger partial charge in [-0.25, -0.2) is 4.79 Å². The lowest BCUT2D eigenvalue weighted by Gasteiger charge is -2.57. The van der Waals surface area contributed by atoms with Gasteiger partial charge in [-0.2, -0.15) is 0 Å². The number of nitrogens with one attached hydrogen (secondary N) is 1. The average Bonchev–Trinajstić information content (AvgIpc) is 3.65. The number of para-hydroxylation sites is 2. The molecule has 1 atom stereocenters. The summed E-state index contributed by atoms with van der Waals surface area (Å²) in [6.45, 7) is 2.18. The molecule has 1 N–H and O–H groups in total. The number of aromatic nitrogens is 1. The highest BCUT2D eigenvalue weighted by Gasteiger charge is 2.52. The molecule has 5 aliphatic carbocycles. The molecule has 3 amide bonds. The third-order valence-electron chi connectivity index (χ3n) is 10.3. The topological polar surface area (TPSA) is 57.6 Å². The van der Waals surface area contributed by atoms with Crippen molar-refractivity contribution in [3.63, 3.8) is 0 Å². The Labute approximate surface area is 236 Å². The Morgan fingerprint density at radius 3 is 2.17 bits per heavy atom. The van der Waals surface area contributed by atoms with E-state index in [1.807, 2.05) is 28.0 Å². The smallest absolute Gasteiger partial charge is 0.318 e. The number of carbonyl (C=O) groups is 2. The van der Waals surface area contributed by atoms with Crippen LogP contribution >= 0.6 is 0 Å². The molecule has 1 unspecified atom stereocenters. The monoisotopic (exact) mass is 534 g/mol. The number of hydrogen-bond donors (Lipinski definition) is 1. The number of nitrogens with zero attached hydrogens (tertiary/aromatic N) is 3. The fraction of sp³-hybridized carbons (Fsp3) is 0.471. The van der Waals surface area contributed by atoms with E-state index in [1.165, 1.54) is 24.8 Å².